The molecule has 0 bridgehead atoms. The van der Waals surface area contributed by atoms with Crippen molar-refractivity contribution in [2.24, 2.45) is 5.10 Å². The predicted octanol–water partition coefficient (Wildman–Crippen LogP) is 7.86. The van der Waals surface area contributed by atoms with Crippen molar-refractivity contribution in [1.29, 1.82) is 0 Å². The number of nitrogens with zero attached hydrogens (tertiary/aromatic N) is 5. The lowest BCUT2D eigenvalue weighted by molar-refractivity contribution is 0.0986. The number of halogens is 2. The molecular formula is C31H21Cl2N5O. The van der Waals surface area contributed by atoms with Gasteiger partial charge in [-0.2, -0.15) is 10.1 Å². The maximum Gasteiger partial charge on any atom is 0.282 e. The van der Waals surface area contributed by atoms with Crippen molar-refractivity contribution in [3.05, 3.63) is 136 Å². The van der Waals surface area contributed by atoms with Crippen LogP contribution in [0.15, 0.2) is 120 Å². The van der Waals surface area contributed by atoms with E-state index in [9.17, 15) is 4.79 Å². The van der Waals surface area contributed by atoms with Crippen LogP contribution in [0.5, 0.6) is 0 Å². The monoisotopic (exact) mass is 549 g/mol. The van der Waals surface area contributed by atoms with Gasteiger partial charge in [0.15, 0.2) is 0 Å². The van der Waals surface area contributed by atoms with Gasteiger partial charge >= 0.3 is 0 Å². The topological polar surface area (TPSA) is 71.3 Å². The molecule has 0 aliphatic heterocycles. The molecule has 1 aromatic heterocycles. The minimum atomic E-state index is -0.533. The standard InChI is InChI=1S/C31H21Cl2N5O/c32-25-18-19-26(27(33)21-25)30(39)38(34-20-10-13-22-11-4-1-5-12-22)31-35-28(23-14-6-2-7-15-23)29(36-37-31)24-16-8-3-9-17-24/h1-21H. The highest BCUT2D eigenvalue weighted by molar-refractivity contribution is 6.37. The Morgan fingerprint density at radius 1 is 0.744 bits per heavy atom. The van der Waals surface area contributed by atoms with Gasteiger partial charge in [-0.1, -0.05) is 120 Å². The Bertz CT molecular complexity index is 1640. The van der Waals surface area contributed by atoms with Crippen molar-refractivity contribution in [3.8, 4) is 22.5 Å². The highest BCUT2D eigenvalue weighted by Gasteiger charge is 2.24. The second kappa shape index (κ2) is 12.3. The van der Waals surface area contributed by atoms with E-state index in [0.717, 1.165) is 21.7 Å². The molecule has 0 aliphatic rings. The summed E-state index contributed by atoms with van der Waals surface area (Å²) in [5, 5.41) is 14.9. The Balaban J connectivity index is 1.60. The van der Waals surface area contributed by atoms with Crippen LogP contribution in [-0.2, 0) is 0 Å². The molecule has 39 heavy (non-hydrogen) atoms. The van der Waals surface area contributed by atoms with Gasteiger partial charge in [-0.15, -0.1) is 10.2 Å². The molecule has 4 aromatic carbocycles. The highest BCUT2D eigenvalue weighted by Crippen LogP contribution is 2.30. The van der Waals surface area contributed by atoms with Crippen LogP contribution in [-0.4, -0.2) is 27.3 Å². The van der Waals surface area contributed by atoms with Gasteiger partial charge < -0.3 is 0 Å². The maximum atomic E-state index is 13.7. The quantitative estimate of drug-likeness (QED) is 0.153. The first-order valence-corrected chi connectivity index (χ1v) is 12.8. The van der Waals surface area contributed by atoms with Gasteiger partial charge in [0, 0.05) is 22.4 Å². The summed E-state index contributed by atoms with van der Waals surface area (Å²) in [5.41, 5.74) is 3.98. The molecule has 5 rings (SSSR count). The molecule has 0 fully saturated rings. The molecule has 5 aromatic rings. The number of carbonyl (C=O) groups excluding carboxylic acids is 1. The van der Waals surface area contributed by atoms with E-state index in [1.807, 2.05) is 97.1 Å². The fourth-order valence-electron chi connectivity index (χ4n) is 3.79. The third-order valence-corrected chi connectivity index (χ3v) is 6.22. The fraction of sp³-hybridized carbons (Fsp3) is 0. The van der Waals surface area contributed by atoms with Crippen LogP contribution in [0.4, 0.5) is 5.95 Å². The van der Waals surface area contributed by atoms with Crippen molar-refractivity contribution in [3.63, 3.8) is 0 Å². The second-order valence-corrected chi connectivity index (χ2v) is 9.16. The summed E-state index contributed by atoms with van der Waals surface area (Å²) < 4.78 is 0. The zero-order chi connectivity index (χ0) is 27.0. The van der Waals surface area contributed by atoms with Crippen molar-refractivity contribution >= 4 is 47.3 Å². The van der Waals surface area contributed by atoms with Crippen molar-refractivity contribution in [2.75, 3.05) is 5.01 Å². The number of anilines is 1. The van der Waals surface area contributed by atoms with Crippen molar-refractivity contribution in [2.45, 2.75) is 0 Å². The number of allylic oxidation sites excluding steroid dienone is 1. The molecular weight excluding hydrogens is 529 g/mol. The first-order valence-electron chi connectivity index (χ1n) is 12.0. The number of rotatable bonds is 7. The summed E-state index contributed by atoms with van der Waals surface area (Å²) in [6.07, 6.45) is 5.09. The third kappa shape index (κ3) is 6.26. The molecule has 6 nitrogen and oxygen atoms in total. The Morgan fingerprint density at radius 3 is 2.00 bits per heavy atom. The number of hydrogen-bond acceptors (Lipinski definition) is 5. The van der Waals surface area contributed by atoms with Crippen molar-refractivity contribution in [1.82, 2.24) is 15.2 Å². The molecule has 1 amide bonds. The van der Waals surface area contributed by atoms with Gasteiger partial charge in [-0.05, 0) is 29.8 Å². The van der Waals surface area contributed by atoms with Crippen LogP contribution >= 0.6 is 23.2 Å². The van der Waals surface area contributed by atoms with Gasteiger partial charge in [0.1, 0.15) is 11.4 Å². The summed E-state index contributed by atoms with van der Waals surface area (Å²) in [6, 6.07) is 33.6. The largest absolute Gasteiger partial charge is 0.282 e. The van der Waals surface area contributed by atoms with Gasteiger partial charge in [0.2, 0.25) is 0 Å². The number of aromatic nitrogens is 3. The van der Waals surface area contributed by atoms with E-state index in [4.69, 9.17) is 28.2 Å². The second-order valence-electron chi connectivity index (χ2n) is 8.32. The number of hydrazone groups is 1. The smallest absolute Gasteiger partial charge is 0.267 e. The average Bonchev–Trinajstić information content (AvgIpc) is 2.98. The minimum Gasteiger partial charge on any atom is -0.267 e. The summed E-state index contributed by atoms with van der Waals surface area (Å²) in [6.45, 7) is 0. The minimum absolute atomic E-state index is 0.00564. The SMILES string of the molecule is O=C(c1ccc(Cl)cc1Cl)N(N=CC=Cc1ccccc1)c1nnc(-c2ccccc2)c(-c2ccccc2)n1. The lowest BCUT2D eigenvalue weighted by atomic mass is 10.0. The molecule has 0 unspecified atom stereocenters. The van der Waals surface area contributed by atoms with Crippen LogP contribution in [0.3, 0.4) is 0 Å². The van der Waals surface area contributed by atoms with Crippen LogP contribution in [0.25, 0.3) is 28.6 Å². The van der Waals surface area contributed by atoms with E-state index in [1.165, 1.54) is 12.3 Å². The molecule has 0 aliphatic carbocycles. The Hall–Kier alpha value is -4.65. The summed E-state index contributed by atoms with van der Waals surface area (Å²) in [5.74, 6) is -0.539. The normalized spacial score (nSPS) is 11.2. The zero-order valence-electron chi connectivity index (χ0n) is 20.5. The summed E-state index contributed by atoms with van der Waals surface area (Å²) in [7, 11) is 0. The van der Waals surface area contributed by atoms with E-state index in [1.54, 1.807) is 18.2 Å². The predicted molar refractivity (Wildman–Crippen MR) is 158 cm³/mol. The molecule has 0 radical (unpaired) electrons. The Morgan fingerprint density at radius 2 is 1.36 bits per heavy atom. The summed E-state index contributed by atoms with van der Waals surface area (Å²) >= 11 is 12.4. The van der Waals surface area contributed by atoms with Crippen LogP contribution < -0.4 is 5.01 Å². The number of benzene rings is 4. The van der Waals surface area contributed by atoms with Crippen LogP contribution in [0.2, 0.25) is 10.0 Å². The van der Waals surface area contributed by atoms with E-state index >= 15 is 0 Å². The number of carbonyl (C=O) groups is 1. The van der Waals surface area contributed by atoms with E-state index in [-0.39, 0.29) is 16.5 Å². The Kier molecular flexibility index (Phi) is 8.17. The average molecular weight is 550 g/mol. The van der Waals surface area contributed by atoms with Gasteiger partial charge in [-0.3, -0.25) is 4.79 Å². The van der Waals surface area contributed by atoms with Gasteiger partial charge in [-0.25, -0.2) is 4.98 Å². The van der Waals surface area contributed by atoms with E-state index in [2.05, 4.69) is 15.3 Å². The molecule has 1 heterocycles. The first-order chi connectivity index (χ1) is 19.1. The van der Waals surface area contributed by atoms with Crippen LogP contribution in [0.1, 0.15) is 15.9 Å². The molecule has 0 saturated carbocycles. The van der Waals surface area contributed by atoms with Gasteiger partial charge in [0.25, 0.3) is 11.9 Å². The number of hydrogen-bond donors (Lipinski definition) is 0. The lowest BCUT2D eigenvalue weighted by Gasteiger charge is -2.17. The van der Waals surface area contributed by atoms with Crippen LogP contribution in [0, 0.1) is 0 Å². The summed E-state index contributed by atoms with van der Waals surface area (Å²) in [4.78, 5) is 18.5. The molecule has 0 saturated heterocycles. The molecule has 0 spiro atoms. The van der Waals surface area contributed by atoms with Crippen molar-refractivity contribution < 1.29 is 4.79 Å². The maximum absolute atomic E-state index is 13.7. The fourth-order valence-corrected chi connectivity index (χ4v) is 4.28. The van der Waals surface area contributed by atoms with E-state index < -0.39 is 5.91 Å². The van der Waals surface area contributed by atoms with E-state index in [0.29, 0.717) is 16.4 Å². The highest BCUT2D eigenvalue weighted by atomic mass is 35.5. The third-order valence-electron chi connectivity index (χ3n) is 5.67. The zero-order valence-corrected chi connectivity index (χ0v) is 22.0. The number of amides is 1. The molecule has 190 valence electrons. The molecule has 0 atom stereocenters. The molecule has 8 heteroatoms. The molecule has 0 N–H and O–H groups in total. The first kappa shape index (κ1) is 26.0. The Labute approximate surface area is 235 Å². The van der Waals surface area contributed by atoms with Gasteiger partial charge in [0.05, 0.1) is 10.6 Å². The lowest BCUT2D eigenvalue weighted by Crippen LogP contribution is -2.28.